The molecule has 0 atom stereocenters. The number of nitrogens with two attached hydrogens (primary N) is 1. The molecule has 132 valence electrons. The number of hydrazine groups is 1. The van der Waals surface area contributed by atoms with Gasteiger partial charge in [0.15, 0.2) is 23.3 Å². The van der Waals surface area contributed by atoms with E-state index in [-0.39, 0.29) is 23.0 Å². The third-order valence-corrected chi connectivity index (χ3v) is 3.30. The molecular formula is C16H13F2N7O. The third-order valence-electron chi connectivity index (χ3n) is 3.30. The van der Waals surface area contributed by atoms with Gasteiger partial charge in [-0.25, -0.2) is 18.7 Å². The number of nitrogens with zero attached hydrogens (tertiary/aromatic N) is 3. The van der Waals surface area contributed by atoms with Crippen LogP contribution in [0.5, 0.6) is 0 Å². The maximum absolute atomic E-state index is 13.3. The minimum Gasteiger partial charge on any atom is -0.393 e. The average Bonchev–Trinajstić information content (AvgIpc) is 2.66. The Labute approximate surface area is 146 Å². The summed E-state index contributed by atoms with van der Waals surface area (Å²) in [4.78, 5) is 23.7. The van der Waals surface area contributed by atoms with E-state index in [1.54, 1.807) is 0 Å². The quantitative estimate of drug-likeness (QED) is 0.517. The predicted octanol–water partition coefficient (Wildman–Crippen LogP) is 2.23. The van der Waals surface area contributed by atoms with Gasteiger partial charge in [0.05, 0.1) is 0 Å². The fourth-order valence-electron chi connectivity index (χ4n) is 2.00. The Bertz CT molecular complexity index is 937. The lowest BCUT2D eigenvalue weighted by atomic mass is 10.2. The Hall–Kier alpha value is -3.82. The van der Waals surface area contributed by atoms with Crippen LogP contribution in [-0.4, -0.2) is 20.9 Å². The van der Waals surface area contributed by atoms with Gasteiger partial charge in [-0.15, -0.1) is 0 Å². The van der Waals surface area contributed by atoms with Crippen LogP contribution in [0.1, 0.15) is 10.4 Å². The minimum absolute atomic E-state index is 0.0762. The molecule has 1 amide bonds. The highest BCUT2D eigenvalue weighted by atomic mass is 19.2. The zero-order chi connectivity index (χ0) is 18.5. The summed E-state index contributed by atoms with van der Waals surface area (Å²) in [7, 11) is 0. The molecule has 0 bridgehead atoms. The number of carbonyl (C=O) groups excluding carboxylic acids is 1. The number of hydrogen-bond acceptors (Lipinski definition) is 7. The van der Waals surface area contributed by atoms with E-state index in [1.807, 2.05) is 0 Å². The van der Waals surface area contributed by atoms with Crippen LogP contribution in [0.3, 0.4) is 0 Å². The van der Waals surface area contributed by atoms with Crippen molar-refractivity contribution in [3.63, 3.8) is 0 Å². The minimum atomic E-state index is -1.01. The maximum Gasteiger partial charge on any atom is 0.269 e. The number of aromatic nitrogens is 3. The topological polar surface area (TPSA) is 118 Å². The Morgan fingerprint density at radius 1 is 1.00 bits per heavy atom. The average molecular weight is 357 g/mol. The number of hydrogen-bond donors (Lipinski definition) is 4. The fraction of sp³-hybridized carbons (Fsp3) is 0. The van der Waals surface area contributed by atoms with Crippen LogP contribution in [0, 0.1) is 11.6 Å². The first-order valence-corrected chi connectivity index (χ1v) is 7.33. The SMILES string of the molecule is Nc1c(NNC(=O)c2ccncc2)ncnc1Nc1ccc(F)c(F)c1. The standard InChI is InChI=1S/C16H13F2N7O/c17-11-2-1-10(7-12(11)18)23-14-13(19)15(22-8-21-14)24-25-16(26)9-3-5-20-6-4-9/h1-8H,19H2,(H,25,26)(H2,21,22,23,24). The van der Waals surface area contributed by atoms with Crippen molar-refractivity contribution < 1.29 is 13.6 Å². The van der Waals surface area contributed by atoms with Crippen LogP contribution in [0.4, 0.5) is 31.8 Å². The molecule has 2 aromatic heterocycles. The van der Waals surface area contributed by atoms with E-state index >= 15 is 0 Å². The number of carbonyl (C=O) groups is 1. The van der Waals surface area contributed by atoms with Crippen LogP contribution in [0.15, 0.2) is 49.1 Å². The molecule has 0 saturated heterocycles. The molecule has 0 aliphatic rings. The fourth-order valence-corrected chi connectivity index (χ4v) is 2.00. The van der Waals surface area contributed by atoms with Gasteiger partial charge in [-0.1, -0.05) is 0 Å². The molecule has 3 aromatic rings. The van der Waals surface area contributed by atoms with Crippen molar-refractivity contribution in [2.24, 2.45) is 0 Å². The normalized spacial score (nSPS) is 10.2. The summed E-state index contributed by atoms with van der Waals surface area (Å²) >= 11 is 0. The summed E-state index contributed by atoms with van der Waals surface area (Å²) in [6.07, 6.45) is 4.16. The van der Waals surface area contributed by atoms with Crippen LogP contribution < -0.4 is 21.9 Å². The van der Waals surface area contributed by atoms with E-state index in [2.05, 4.69) is 31.1 Å². The first-order valence-electron chi connectivity index (χ1n) is 7.33. The number of anilines is 4. The lowest BCUT2D eigenvalue weighted by Gasteiger charge is -2.13. The first-order chi connectivity index (χ1) is 12.5. The molecule has 0 aliphatic heterocycles. The van der Waals surface area contributed by atoms with Gasteiger partial charge in [-0.05, 0) is 24.3 Å². The van der Waals surface area contributed by atoms with E-state index in [0.29, 0.717) is 5.56 Å². The zero-order valence-electron chi connectivity index (χ0n) is 13.2. The van der Waals surface area contributed by atoms with E-state index in [0.717, 1.165) is 12.1 Å². The second kappa shape index (κ2) is 7.38. The maximum atomic E-state index is 13.3. The highest BCUT2D eigenvalue weighted by Gasteiger charge is 2.11. The van der Waals surface area contributed by atoms with Gasteiger partial charge < -0.3 is 11.1 Å². The summed E-state index contributed by atoms with van der Waals surface area (Å²) in [5.74, 6) is -2.10. The summed E-state index contributed by atoms with van der Waals surface area (Å²) in [6.45, 7) is 0. The van der Waals surface area contributed by atoms with Crippen molar-refractivity contribution >= 4 is 28.9 Å². The molecule has 0 unspecified atom stereocenters. The largest absolute Gasteiger partial charge is 0.393 e. The highest BCUT2D eigenvalue weighted by Crippen LogP contribution is 2.26. The number of nitrogens with one attached hydrogen (secondary N) is 3. The molecule has 0 fully saturated rings. The summed E-state index contributed by atoms with van der Waals surface area (Å²) in [5.41, 5.74) is 11.7. The van der Waals surface area contributed by atoms with Gasteiger partial charge in [0.2, 0.25) is 0 Å². The molecular weight excluding hydrogens is 344 g/mol. The number of nitrogen functional groups attached to an aromatic ring is 1. The molecule has 2 heterocycles. The van der Waals surface area contributed by atoms with E-state index in [4.69, 9.17) is 5.73 Å². The van der Waals surface area contributed by atoms with Crippen molar-refractivity contribution in [3.8, 4) is 0 Å². The molecule has 5 N–H and O–H groups in total. The number of halogens is 2. The summed E-state index contributed by atoms with van der Waals surface area (Å²) in [6, 6.07) is 6.35. The van der Waals surface area contributed by atoms with E-state index in [9.17, 15) is 13.6 Å². The lowest BCUT2D eigenvalue weighted by molar-refractivity contribution is 0.0962. The molecule has 3 rings (SSSR count). The van der Waals surface area contributed by atoms with Gasteiger partial charge in [-0.2, -0.15) is 0 Å². The van der Waals surface area contributed by atoms with Crippen LogP contribution >= 0.6 is 0 Å². The number of benzene rings is 1. The van der Waals surface area contributed by atoms with Crippen LogP contribution in [0.25, 0.3) is 0 Å². The van der Waals surface area contributed by atoms with Crippen molar-refractivity contribution in [1.82, 2.24) is 20.4 Å². The Morgan fingerprint density at radius 2 is 1.73 bits per heavy atom. The molecule has 8 nitrogen and oxygen atoms in total. The molecule has 26 heavy (non-hydrogen) atoms. The second-order valence-corrected chi connectivity index (χ2v) is 5.05. The van der Waals surface area contributed by atoms with Crippen LogP contribution in [-0.2, 0) is 0 Å². The van der Waals surface area contributed by atoms with Crippen molar-refractivity contribution in [2.75, 3.05) is 16.5 Å². The zero-order valence-corrected chi connectivity index (χ0v) is 13.2. The highest BCUT2D eigenvalue weighted by molar-refractivity contribution is 5.95. The number of amides is 1. The molecule has 0 radical (unpaired) electrons. The number of rotatable bonds is 5. The molecule has 1 aromatic carbocycles. The Morgan fingerprint density at radius 3 is 2.46 bits per heavy atom. The molecule has 10 heteroatoms. The van der Waals surface area contributed by atoms with Gasteiger partial charge in [0, 0.05) is 29.7 Å². The van der Waals surface area contributed by atoms with Gasteiger partial charge in [0.1, 0.15) is 12.0 Å². The van der Waals surface area contributed by atoms with E-state index < -0.39 is 17.5 Å². The Kier molecular flexibility index (Phi) is 4.83. The predicted molar refractivity (Wildman–Crippen MR) is 91.4 cm³/mol. The first kappa shape index (κ1) is 17.0. The van der Waals surface area contributed by atoms with Crippen molar-refractivity contribution in [1.29, 1.82) is 0 Å². The smallest absolute Gasteiger partial charge is 0.269 e. The van der Waals surface area contributed by atoms with Gasteiger partial charge >= 0.3 is 0 Å². The number of pyridine rings is 1. The molecule has 0 saturated carbocycles. The summed E-state index contributed by atoms with van der Waals surface area (Å²) in [5, 5.41) is 2.76. The summed E-state index contributed by atoms with van der Waals surface area (Å²) < 4.78 is 26.3. The molecule has 0 aliphatic carbocycles. The second-order valence-electron chi connectivity index (χ2n) is 5.05. The molecule has 0 spiro atoms. The lowest BCUT2D eigenvalue weighted by Crippen LogP contribution is -2.30. The monoisotopic (exact) mass is 357 g/mol. The van der Waals surface area contributed by atoms with E-state index in [1.165, 1.54) is 36.9 Å². The third kappa shape index (κ3) is 3.80. The Balaban J connectivity index is 1.72. The van der Waals surface area contributed by atoms with Crippen molar-refractivity contribution in [3.05, 3.63) is 66.3 Å². The van der Waals surface area contributed by atoms with Crippen LogP contribution in [0.2, 0.25) is 0 Å². The van der Waals surface area contributed by atoms with Gasteiger partial charge in [0.25, 0.3) is 5.91 Å². The van der Waals surface area contributed by atoms with Gasteiger partial charge in [-0.3, -0.25) is 20.6 Å². The van der Waals surface area contributed by atoms with Crippen molar-refractivity contribution in [2.45, 2.75) is 0 Å².